The maximum absolute atomic E-state index is 13.0. The topological polar surface area (TPSA) is 104 Å². The van der Waals surface area contributed by atoms with Gasteiger partial charge in [-0.2, -0.15) is 4.31 Å². The third-order valence-electron chi connectivity index (χ3n) is 4.74. The lowest BCUT2D eigenvalue weighted by atomic mass is 10.2. The second-order valence-corrected chi connectivity index (χ2v) is 8.35. The Morgan fingerprint density at radius 3 is 2.33 bits per heavy atom. The monoisotopic (exact) mass is 398 g/mol. The summed E-state index contributed by atoms with van der Waals surface area (Å²) >= 11 is 0. The van der Waals surface area contributed by atoms with Crippen molar-refractivity contribution >= 4 is 27.3 Å². The summed E-state index contributed by atoms with van der Waals surface area (Å²) < 4.78 is 27.4. The van der Waals surface area contributed by atoms with E-state index in [9.17, 15) is 23.3 Å². The number of amides is 1. The standard InChI is InChI=1S/C17H26N4O5S/c1-4-19(5-2)17(22)13-18(3)15-9-8-14(21(23)24)12-16(15)27(25,26)20-10-6-7-11-20/h8-9,12H,4-7,10-11,13H2,1-3H3. The molecule has 9 nitrogen and oxygen atoms in total. The minimum absolute atomic E-state index is 0.0119. The van der Waals surface area contributed by atoms with Gasteiger partial charge in [0.1, 0.15) is 4.90 Å². The van der Waals surface area contributed by atoms with E-state index in [1.807, 2.05) is 13.8 Å². The molecule has 0 aromatic heterocycles. The maximum Gasteiger partial charge on any atom is 0.270 e. The van der Waals surface area contributed by atoms with Crippen LogP contribution in [-0.2, 0) is 14.8 Å². The molecule has 1 aromatic carbocycles. The zero-order valence-electron chi connectivity index (χ0n) is 15.9. The first-order valence-corrected chi connectivity index (χ1v) is 10.4. The van der Waals surface area contributed by atoms with Gasteiger partial charge in [-0.05, 0) is 32.8 Å². The fraction of sp³-hybridized carbons (Fsp3) is 0.588. The fourth-order valence-corrected chi connectivity index (χ4v) is 4.95. The van der Waals surface area contributed by atoms with Gasteiger partial charge in [0.05, 0.1) is 17.2 Å². The molecule has 0 N–H and O–H groups in total. The smallest absolute Gasteiger partial charge is 0.270 e. The lowest BCUT2D eigenvalue weighted by Crippen LogP contribution is -2.39. The molecule has 150 valence electrons. The first kappa shape index (κ1) is 21.1. The molecule has 0 saturated carbocycles. The second kappa shape index (κ2) is 8.66. The van der Waals surface area contributed by atoms with Crippen LogP contribution in [0.1, 0.15) is 26.7 Å². The van der Waals surface area contributed by atoms with Crippen LogP contribution in [-0.4, -0.2) is 68.2 Å². The Morgan fingerprint density at radius 1 is 1.22 bits per heavy atom. The normalized spacial score (nSPS) is 14.9. The van der Waals surface area contributed by atoms with Gasteiger partial charge >= 0.3 is 0 Å². The van der Waals surface area contributed by atoms with Crippen molar-refractivity contribution < 1.29 is 18.1 Å². The van der Waals surface area contributed by atoms with Crippen LogP contribution in [0, 0.1) is 10.1 Å². The summed E-state index contributed by atoms with van der Waals surface area (Å²) in [4.78, 5) is 26.0. The van der Waals surface area contributed by atoms with Gasteiger partial charge in [-0.15, -0.1) is 0 Å². The quantitative estimate of drug-likeness (QED) is 0.487. The Bertz CT molecular complexity index is 802. The van der Waals surface area contributed by atoms with Gasteiger partial charge in [0.25, 0.3) is 5.69 Å². The predicted molar refractivity (Wildman–Crippen MR) is 102 cm³/mol. The molecular weight excluding hydrogens is 372 g/mol. The van der Waals surface area contributed by atoms with E-state index in [1.165, 1.54) is 21.3 Å². The SMILES string of the molecule is CCN(CC)C(=O)CN(C)c1ccc([N+](=O)[O-])cc1S(=O)(=O)N1CCCC1. The van der Waals surface area contributed by atoms with Crippen molar-refractivity contribution in [2.24, 2.45) is 0 Å². The number of hydrogen-bond donors (Lipinski definition) is 0. The average Bonchev–Trinajstić information content (AvgIpc) is 3.17. The highest BCUT2D eigenvalue weighted by atomic mass is 32.2. The molecule has 0 bridgehead atoms. The number of likely N-dealkylation sites (N-methyl/N-ethyl adjacent to an activating group) is 2. The molecule has 1 aliphatic rings. The Morgan fingerprint density at radius 2 is 1.81 bits per heavy atom. The molecule has 1 fully saturated rings. The number of nitro groups is 1. The Labute approximate surface area is 159 Å². The number of anilines is 1. The molecule has 1 saturated heterocycles. The number of benzene rings is 1. The number of hydrogen-bond acceptors (Lipinski definition) is 6. The van der Waals surface area contributed by atoms with Crippen molar-refractivity contribution in [1.82, 2.24) is 9.21 Å². The van der Waals surface area contributed by atoms with E-state index in [4.69, 9.17) is 0 Å². The van der Waals surface area contributed by atoms with E-state index in [2.05, 4.69) is 0 Å². The summed E-state index contributed by atoms with van der Waals surface area (Å²) in [6, 6.07) is 3.74. The number of sulfonamides is 1. The van der Waals surface area contributed by atoms with E-state index in [0.717, 1.165) is 18.9 Å². The molecule has 27 heavy (non-hydrogen) atoms. The van der Waals surface area contributed by atoms with Gasteiger partial charge in [0.2, 0.25) is 15.9 Å². The number of rotatable bonds is 8. The molecule has 0 spiro atoms. The molecule has 1 aliphatic heterocycles. The Kier molecular flexibility index (Phi) is 6.77. The fourth-order valence-electron chi connectivity index (χ4n) is 3.17. The summed E-state index contributed by atoms with van der Waals surface area (Å²) in [5.41, 5.74) is -0.00648. The number of non-ortho nitro benzene ring substituents is 1. The van der Waals surface area contributed by atoms with Crippen LogP contribution in [0.3, 0.4) is 0 Å². The predicted octanol–water partition coefficient (Wildman–Crippen LogP) is 1.68. The summed E-state index contributed by atoms with van der Waals surface area (Å²) in [7, 11) is -2.26. The minimum Gasteiger partial charge on any atom is -0.364 e. The Hall–Kier alpha value is -2.20. The second-order valence-electron chi connectivity index (χ2n) is 6.44. The molecule has 1 aromatic rings. The summed E-state index contributed by atoms with van der Waals surface area (Å²) in [5.74, 6) is -0.134. The van der Waals surface area contributed by atoms with Crippen molar-refractivity contribution in [3.05, 3.63) is 28.3 Å². The third kappa shape index (κ3) is 4.56. The van der Waals surface area contributed by atoms with Crippen molar-refractivity contribution in [1.29, 1.82) is 0 Å². The zero-order valence-corrected chi connectivity index (χ0v) is 16.7. The molecule has 10 heteroatoms. The molecule has 0 atom stereocenters. The van der Waals surface area contributed by atoms with Crippen LogP contribution in [0.4, 0.5) is 11.4 Å². The van der Waals surface area contributed by atoms with Crippen LogP contribution < -0.4 is 4.90 Å². The van der Waals surface area contributed by atoms with E-state index < -0.39 is 14.9 Å². The largest absolute Gasteiger partial charge is 0.364 e. The van der Waals surface area contributed by atoms with Crippen molar-refractivity contribution in [3.8, 4) is 0 Å². The molecular formula is C17H26N4O5S. The van der Waals surface area contributed by atoms with Gasteiger partial charge in [0, 0.05) is 45.4 Å². The van der Waals surface area contributed by atoms with Gasteiger partial charge in [-0.25, -0.2) is 8.42 Å². The highest BCUT2D eigenvalue weighted by Gasteiger charge is 2.32. The van der Waals surface area contributed by atoms with E-state index in [0.29, 0.717) is 26.2 Å². The number of carbonyl (C=O) groups is 1. The molecule has 0 radical (unpaired) electrons. The summed E-state index contributed by atoms with van der Waals surface area (Å²) in [6.07, 6.45) is 1.53. The highest BCUT2D eigenvalue weighted by molar-refractivity contribution is 7.89. The van der Waals surface area contributed by atoms with Crippen LogP contribution >= 0.6 is 0 Å². The van der Waals surface area contributed by atoms with Crippen LogP contribution in [0.25, 0.3) is 0 Å². The highest BCUT2D eigenvalue weighted by Crippen LogP contribution is 2.32. The first-order chi connectivity index (χ1) is 12.7. The zero-order chi connectivity index (χ0) is 20.2. The maximum atomic E-state index is 13.0. The van der Waals surface area contributed by atoms with Gasteiger partial charge < -0.3 is 9.80 Å². The molecule has 1 amide bonds. The molecule has 1 heterocycles. The molecule has 0 aliphatic carbocycles. The van der Waals surface area contributed by atoms with Crippen LogP contribution in [0.15, 0.2) is 23.1 Å². The lowest BCUT2D eigenvalue weighted by molar-refractivity contribution is -0.385. The lowest BCUT2D eigenvalue weighted by Gasteiger charge is -2.27. The van der Waals surface area contributed by atoms with E-state index >= 15 is 0 Å². The van der Waals surface area contributed by atoms with E-state index in [-0.39, 0.29) is 28.7 Å². The molecule has 0 unspecified atom stereocenters. The Balaban J connectivity index is 2.43. The number of nitrogens with zero attached hydrogens (tertiary/aromatic N) is 4. The summed E-state index contributed by atoms with van der Waals surface area (Å²) in [6.45, 7) is 5.64. The van der Waals surface area contributed by atoms with Gasteiger partial charge in [-0.1, -0.05) is 0 Å². The third-order valence-corrected chi connectivity index (χ3v) is 6.66. The number of nitro benzene ring substituents is 1. The van der Waals surface area contributed by atoms with E-state index in [1.54, 1.807) is 11.9 Å². The average molecular weight is 398 g/mol. The summed E-state index contributed by atoms with van der Waals surface area (Å²) in [5, 5.41) is 11.2. The minimum atomic E-state index is -3.88. The number of carbonyl (C=O) groups excluding carboxylic acids is 1. The van der Waals surface area contributed by atoms with Crippen LogP contribution in [0.2, 0.25) is 0 Å². The first-order valence-electron chi connectivity index (χ1n) is 8.99. The van der Waals surface area contributed by atoms with Gasteiger partial charge in [0.15, 0.2) is 0 Å². The van der Waals surface area contributed by atoms with Crippen molar-refractivity contribution in [2.75, 3.05) is 44.7 Å². The van der Waals surface area contributed by atoms with Crippen molar-refractivity contribution in [3.63, 3.8) is 0 Å². The van der Waals surface area contributed by atoms with Crippen molar-refractivity contribution in [2.45, 2.75) is 31.6 Å². The molecule has 2 rings (SSSR count). The van der Waals surface area contributed by atoms with Crippen LogP contribution in [0.5, 0.6) is 0 Å². The van der Waals surface area contributed by atoms with Gasteiger partial charge in [-0.3, -0.25) is 14.9 Å².